The Morgan fingerprint density at radius 3 is 2.67 bits per heavy atom. The molecule has 2 fully saturated rings. The number of rotatable bonds is 1. The van der Waals surface area contributed by atoms with Gasteiger partial charge in [-0.1, -0.05) is 30.3 Å². The number of benzene rings is 1. The summed E-state index contributed by atoms with van der Waals surface area (Å²) >= 11 is 0. The lowest BCUT2D eigenvalue weighted by molar-refractivity contribution is -0.170. The van der Waals surface area contributed by atoms with E-state index in [4.69, 9.17) is 18.9 Å². The quantitative estimate of drug-likeness (QED) is 0.761. The lowest BCUT2D eigenvalue weighted by Gasteiger charge is -2.28. The predicted octanol–water partition coefficient (Wildman–Crippen LogP) is 2.26. The Hall–Kier alpha value is -1.68. The Kier molecular flexibility index (Phi) is 1.71. The molecule has 0 radical (unpaired) electrons. The average Bonchev–Trinajstić information content (AvgIpc) is 2.98. The van der Waals surface area contributed by atoms with Gasteiger partial charge in [-0.05, 0) is 0 Å². The van der Waals surface area contributed by atoms with Crippen molar-refractivity contribution in [2.24, 2.45) is 0 Å². The summed E-state index contributed by atoms with van der Waals surface area (Å²) in [4.78, 5) is 0. The normalized spacial score (nSPS) is 34.9. The Morgan fingerprint density at radius 1 is 1.11 bits per heavy atom. The first-order chi connectivity index (χ1) is 8.61. The van der Waals surface area contributed by atoms with E-state index < -0.39 is 11.4 Å². The molecule has 94 valence electrons. The van der Waals surface area contributed by atoms with Crippen molar-refractivity contribution in [3.8, 4) is 0 Å². The molecular formula is C14H14O4. The van der Waals surface area contributed by atoms with Gasteiger partial charge in [-0.3, -0.25) is 0 Å². The first-order valence-electron chi connectivity index (χ1n) is 6.09. The molecule has 4 nitrogen and oxygen atoms in total. The molecule has 0 saturated carbocycles. The maximum atomic E-state index is 5.98. The number of hydrogen-bond acceptors (Lipinski definition) is 4. The summed E-state index contributed by atoms with van der Waals surface area (Å²) in [6, 6.07) is 10.0. The molecule has 18 heavy (non-hydrogen) atoms. The molecule has 2 bridgehead atoms. The summed E-state index contributed by atoms with van der Waals surface area (Å²) in [5, 5.41) is 0. The molecule has 1 aromatic rings. The van der Waals surface area contributed by atoms with E-state index in [1.54, 1.807) is 0 Å². The van der Waals surface area contributed by atoms with Crippen LogP contribution in [0.5, 0.6) is 0 Å². The van der Waals surface area contributed by atoms with Gasteiger partial charge in [0.25, 0.3) is 0 Å². The van der Waals surface area contributed by atoms with Crippen LogP contribution in [-0.4, -0.2) is 18.5 Å². The molecular weight excluding hydrogens is 232 g/mol. The molecule has 3 aliphatic heterocycles. The van der Waals surface area contributed by atoms with Gasteiger partial charge in [-0.2, -0.15) is 0 Å². The van der Waals surface area contributed by atoms with Crippen molar-refractivity contribution >= 4 is 0 Å². The van der Waals surface area contributed by atoms with Gasteiger partial charge in [-0.25, -0.2) is 0 Å². The Labute approximate surface area is 105 Å². The fraction of sp³-hybridized carbons (Fsp3) is 0.429. The Balaban J connectivity index is 1.82. The standard InChI is InChI=1S/C14H14O4/c1-13(2)16-10-11(17-13)14(8-15-12(10)18-14)9-6-4-3-5-7-9/h3-7,11H,8H2,1-2H3/t11?,14-/m0/s1. The molecule has 0 amide bonds. The van der Waals surface area contributed by atoms with E-state index in [0.717, 1.165) is 5.56 Å². The van der Waals surface area contributed by atoms with E-state index in [1.165, 1.54) is 0 Å². The zero-order valence-corrected chi connectivity index (χ0v) is 10.3. The minimum atomic E-state index is -0.622. The molecule has 2 saturated heterocycles. The molecule has 1 unspecified atom stereocenters. The van der Waals surface area contributed by atoms with Crippen LogP contribution in [-0.2, 0) is 24.5 Å². The van der Waals surface area contributed by atoms with E-state index in [2.05, 4.69) is 0 Å². The van der Waals surface area contributed by atoms with Crippen molar-refractivity contribution in [1.82, 2.24) is 0 Å². The van der Waals surface area contributed by atoms with E-state index in [0.29, 0.717) is 18.3 Å². The molecule has 4 heteroatoms. The molecule has 0 aliphatic carbocycles. The van der Waals surface area contributed by atoms with Gasteiger partial charge in [0.1, 0.15) is 6.61 Å². The summed E-state index contributed by atoms with van der Waals surface area (Å²) in [5.41, 5.74) is 0.473. The van der Waals surface area contributed by atoms with Crippen molar-refractivity contribution in [1.29, 1.82) is 0 Å². The third-order valence-corrected chi connectivity index (χ3v) is 3.58. The van der Waals surface area contributed by atoms with Crippen molar-refractivity contribution in [2.75, 3.05) is 6.61 Å². The third-order valence-electron chi connectivity index (χ3n) is 3.58. The van der Waals surface area contributed by atoms with Crippen LogP contribution in [0.4, 0.5) is 0 Å². The predicted molar refractivity (Wildman–Crippen MR) is 62.2 cm³/mol. The highest BCUT2D eigenvalue weighted by molar-refractivity contribution is 5.35. The first kappa shape index (κ1) is 10.3. The van der Waals surface area contributed by atoms with Crippen molar-refractivity contribution in [2.45, 2.75) is 31.3 Å². The second kappa shape index (κ2) is 3.01. The summed E-state index contributed by atoms with van der Waals surface area (Å²) in [6.07, 6.45) is -0.210. The molecule has 1 aromatic carbocycles. The van der Waals surface area contributed by atoms with Gasteiger partial charge in [0.05, 0.1) is 0 Å². The van der Waals surface area contributed by atoms with Gasteiger partial charge in [-0.15, -0.1) is 0 Å². The number of hydrogen-bond donors (Lipinski definition) is 0. The van der Waals surface area contributed by atoms with Gasteiger partial charge in [0, 0.05) is 19.4 Å². The molecule has 2 atom stereocenters. The van der Waals surface area contributed by atoms with E-state index in [9.17, 15) is 0 Å². The van der Waals surface area contributed by atoms with E-state index >= 15 is 0 Å². The van der Waals surface area contributed by atoms with E-state index in [1.807, 2.05) is 44.2 Å². The highest BCUT2D eigenvalue weighted by atomic mass is 16.8. The summed E-state index contributed by atoms with van der Waals surface area (Å²) in [7, 11) is 0. The van der Waals surface area contributed by atoms with E-state index in [-0.39, 0.29) is 6.10 Å². The van der Waals surface area contributed by atoms with Crippen LogP contribution in [0.3, 0.4) is 0 Å². The molecule has 3 aliphatic rings. The third kappa shape index (κ3) is 1.13. The van der Waals surface area contributed by atoms with Gasteiger partial charge in [0.15, 0.2) is 6.10 Å². The smallest absolute Gasteiger partial charge is 0.323 e. The van der Waals surface area contributed by atoms with Crippen molar-refractivity contribution in [3.63, 3.8) is 0 Å². The summed E-state index contributed by atoms with van der Waals surface area (Å²) in [5.74, 6) is 0.549. The zero-order valence-electron chi connectivity index (χ0n) is 10.3. The highest BCUT2D eigenvalue weighted by Crippen LogP contribution is 2.54. The van der Waals surface area contributed by atoms with Crippen LogP contribution in [0.25, 0.3) is 0 Å². The Morgan fingerprint density at radius 2 is 1.89 bits per heavy atom. The second-order valence-corrected chi connectivity index (χ2v) is 5.30. The molecule has 3 heterocycles. The minimum Gasteiger partial charge on any atom is -0.458 e. The van der Waals surface area contributed by atoms with Gasteiger partial charge in [0.2, 0.25) is 17.1 Å². The number of ether oxygens (including phenoxy) is 4. The molecule has 4 rings (SSSR count). The summed E-state index contributed by atoms with van der Waals surface area (Å²) in [6.45, 7) is 4.27. The summed E-state index contributed by atoms with van der Waals surface area (Å²) < 4.78 is 23.2. The van der Waals surface area contributed by atoms with Crippen LogP contribution in [0, 0.1) is 0 Å². The molecule has 0 N–H and O–H groups in total. The number of fused-ring (bicyclic) bond motifs is 4. The minimum absolute atomic E-state index is 0.210. The van der Waals surface area contributed by atoms with Crippen LogP contribution in [0.1, 0.15) is 19.4 Å². The Bertz CT molecular complexity index is 534. The highest BCUT2D eigenvalue weighted by Gasteiger charge is 2.65. The van der Waals surface area contributed by atoms with Crippen LogP contribution in [0.2, 0.25) is 0 Å². The SMILES string of the molecule is CC1(C)OC2=C3OC[C@@](c4ccccc4)(O3)C2O1. The maximum Gasteiger partial charge on any atom is 0.323 e. The van der Waals surface area contributed by atoms with Crippen molar-refractivity contribution < 1.29 is 18.9 Å². The lowest BCUT2D eigenvalue weighted by atomic mass is 9.88. The first-order valence-corrected chi connectivity index (χ1v) is 6.09. The largest absolute Gasteiger partial charge is 0.458 e. The average molecular weight is 246 g/mol. The van der Waals surface area contributed by atoms with Gasteiger partial charge < -0.3 is 18.9 Å². The maximum absolute atomic E-state index is 5.98. The van der Waals surface area contributed by atoms with Crippen LogP contribution in [0.15, 0.2) is 42.0 Å². The zero-order chi connectivity index (χ0) is 12.4. The van der Waals surface area contributed by atoms with Gasteiger partial charge >= 0.3 is 5.95 Å². The lowest BCUT2D eigenvalue weighted by Crippen LogP contribution is -2.42. The molecule has 0 spiro atoms. The van der Waals surface area contributed by atoms with Crippen LogP contribution < -0.4 is 0 Å². The fourth-order valence-corrected chi connectivity index (χ4v) is 2.80. The topological polar surface area (TPSA) is 36.9 Å². The monoisotopic (exact) mass is 246 g/mol. The van der Waals surface area contributed by atoms with Crippen molar-refractivity contribution in [3.05, 3.63) is 47.6 Å². The van der Waals surface area contributed by atoms with Crippen LogP contribution >= 0.6 is 0 Å². The second-order valence-electron chi connectivity index (χ2n) is 5.30. The fourth-order valence-electron chi connectivity index (χ4n) is 2.80. The molecule has 0 aromatic heterocycles.